The fourth-order valence-corrected chi connectivity index (χ4v) is 4.01. The van der Waals surface area contributed by atoms with E-state index in [0.717, 1.165) is 6.07 Å². The summed E-state index contributed by atoms with van der Waals surface area (Å²) in [7, 11) is 0. The molecular formula is C24H16BrF4N5O. The van der Waals surface area contributed by atoms with Gasteiger partial charge >= 0.3 is 6.18 Å². The lowest BCUT2D eigenvalue weighted by atomic mass is 10.1. The largest absolute Gasteiger partial charge is 0.433 e. The minimum atomic E-state index is -4.74. The Morgan fingerprint density at radius 1 is 1.17 bits per heavy atom. The van der Waals surface area contributed by atoms with Crippen LogP contribution in [0, 0.1) is 31.0 Å². The van der Waals surface area contributed by atoms with E-state index in [2.05, 4.69) is 31.3 Å². The Morgan fingerprint density at radius 2 is 1.91 bits per heavy atom. The van der Waals surface area contributed by atoms with Crippen LogP contribution in [0.25, 0.3) is 10.9 Å². The summed E-state index contributed by atoms with van der Waals surface area (Å²) in [5, 5.41) is 16.1. The molecule has 0 saturated carbocycles. The number of amides is 1. The summed E-state index contributed by atoms with van der Waals surface area (Å²) in [6.07, 6.45) is -4.74. The highest BCUT2D eigenvalue weighted by Gasteiger charge is 2.34. The van der Waals surface area contributed by atoms with Crippen LogP contribution in [0.15, 0.2) is 46.9 Å². The van der Waals surface area contributed by atoms with Gasteiger partial charge in [-0.2, -0.15) is 23.5 Å². The summed E-state index contributed by atoms with van der Waals surface area (Å²) >= 11 is 3.27. The molecule has 0 fully saturated rings. The van der Waals surface area contributed by atoms with Crippen LogP contribution in [-0.4, -0.2) is 20.7 Å². The first kappa shape index (κ1) is 24.3. The zero-order chi connectivity index (χ0) is 25.5. The number of carbonyl (C=O) groups is 1. The number of hydrogen-bond acceptors (Lipinski definition) is 4. The maximum atomic E-state index is 14.3. The molecule has 4 aromatic rings. The van der Waals surface area contributed by atoms with Gasteiger partial charge in [-0.3, -0.25) is 9.48 Å². The number of nitrogens with one attached hydrogen (secondary N) is 1. The third-order valence-electron chi connectivity index (χ3n) is 5.43. The van der Waals surface area contributed by atoms with E-state index in [9.17, 15) is 22.4 Å². The number of hydrogen-bond donors (Lipinski definition) is 1. The third-order valence-corrected chi connectivity index (χ3v) is 5.92. The average Bonchev–Trinajstić information content (AvgIpc) is 3.06. The van der Waals surface area contributed by atoms with Crippen molar-refractivity contribution >= 4 is 38.4 Å². The molecule has 0 aliphatic carbocycles. The highest BCUT2D eigenvalue weighted by atomic mass is 79.9. The van der Waals surface area contributed by atoms with E-state index in [0.29, 0.717) is 27.6 Å². The van der Waals surface area contributed by atoms with E-state index < -0.39 is 23.6 Å². The van der Waals surface area contributed by atoms with Gasteiger partial charge in [0, 0.05) is 15.4 Å². The number of benzene rings is 2. The van der Waals surface area contributed by atoms with Crippen molar-refractivity contribution in [2.75, 3.05) is 5.32 Å². The molecule has 0 unspecified atom stereocenters. The predicted molar refractivity (Wildman–Crippen MR) is 124 cm³/mol. The number of nitriles is 1. The van der Waals surface area contributed by atoms with Crippen molar-refractivity contribution in [3.63, 3.8) is 0 Å². The number of nitrogens with zero attached hydrogens (tertiary/aromatic N) is 4. The first-order valence-electron chi connectivity index (χ1n) is 10.2. The van der Waals surface area contributed by atoms with Crippen LogP contribution in [0.5, 0.6) is 0 Å². The van der Waals surface area contributed by atoms with E-state index >= 15 is 0 Å². The van der Waals surface area contributed by atoms with Crippen LogP contribution < -0.4 is 5.32 Å². The van der Waals surface area contributed by atoms with E-state index in [1.807, 2.05) is 6.07 Å². The predicted octanol–water partition coefficient (Wildman–Crippen LogP) is 6.14. The maximum absolute atomic E-state index is 14.3. The van der Waals surface area contributed by atoms with Gasteiger partial charge in [-0.25, -0.2) is 9.37 Å². The SMILES string of the molecule is Cc1nn(Cc2ccc(C#N)cc2F)c(C)c1NC(=O)c1cc(C(F)(F)F)nc2ccc(Br)cc12. The normalized spacial score (nSPS) is 11.5. The fourth-order valence-electron chi connectivity index (χ4n) is 3.65. The highest BCUT2D eigenvalue weighted by Crippen LogP contribution is 2.32. The van der Waals surface area contributed by atoms with Crippen LogP contribution in [0.4, 0.5) is 23.2 Å². The quantitative estimate of drug-likeness (QED) is 0.312. The van der Waals surface area contributed by atoms with Crippen molar-refractivity contribution in [2.24, 2.45) is 0 Å². The van der Waals surface area contributed by atoms with Gasteiger partial charge in [0.25, 0.3) is 5.91 Å². The molecule has 0 atom stereocenters. The van der Waals surface area contributed by atoms with Gasteiger partial charge in [0.2, 0.25) is 0 Å². The van der Waals surface area contributed by atoms with E-state index in [-0.39, 0.29) is 34.1 Å². The van der Waals surface area contributed by atoms with E-state index in [4.69, 9.17) is 5.26 Å². The van der Waals surface area contributed by atoms with E-state index in [1.165, 1.54) is 35.0 Å². The van der Waals surface area contributed by atoms with Crippen molar-refractivity contribution in [2.45, 2.75) is 26.6 Å². The summed E-state index contributed by atoms with van der Waals surface area (Å²) in [5.41, 5.74) is 0.294. The molecule has 0 aliphatic rings. The Balaban J connectivity index is 1.70. The van der Waals surface area contributed by atoms with E-state index in [1.54, 1.807) is 13.8 Å². The number of carbonyl (C=O) groups excluding carboxylic acids is 1. The molecule has 4 rings (SSSR count). The lowest BCUT2D eigenvalue weighted by Gasteiger charge is -2.13. The molecule has 11 heteroatoms. The molecule has 2 aromatic heterocycles. The zero-order valence-electron chi connectivity index (χ0n) is 18.3. The minimum absolute atomic E-state index is 0.0219. The molecule has 1 amide bonds. The number of aromatic nitrogens is 3. The molecule has 0 spiro atoms. The van der Waals surface area contributed by atoms with Crippen molar-refractivity contribution in [3.05, 3.63) is 86.5 Å². The van der Waals surface area contributed by atoms with Gasteiger partial charge in [-0.15, -0.1) is 0 Å². The number of pyridine rings is 1. The number of rotatable bonds is 4. The summed E-state index contributed by atoms with van der Waals surface area (Å²) < 4.78 is 56.6. The summed E-state index contributed by atoms with van der Waals surface area (Å²) in [6, 6.07) is 11.1. The van der Waals surface area contributed by atoms with Crippen LogP contribution >= 0.6 is 15.9 Å². The monoisotopic (exact) mass is 545 g/mol. The number of halogens is 5. The highest BCUT2D eigenvalue weighted by molar-refractivity contribution is 9.10. The average molecular weight is 546 g/mol. The maximum Gasteiger partial charge on any atom is 0.433 e. The molecule has 2 heterocycles. The molecule has 0 radical (unpaired) electrons. The Labute approximate surface area is 205 Å². The van der Waals surface area contributed by atoms with Crippen molar-refractivity contribution < 1.29 is 22.4 Å². The second-order valence-electron chi connectivity index (χ2n) is 7.79. The molecule has 178 valence electrons. The number of fused-ring (bicyclic) bond motifs is 1. The van der Waals surface area contributed by atoms with Gasteiger partial charge in [0.05, 0.1) is 46.3 Å². The standard InChI is InChI=1S/C24H16BrF4N5O/c1-12-22(13(2)34(33-12)11-15-4-3-14(10-30)7-19(15)26)32-23(35)18-9-21(24(27,28)29)31-20-6-5-16(25)8-17(18)20/h3-9H,11H2,1-2H3,(H,32,35). The summed E-state index contributed by atoms with van der Waals surface area (Å²) in [5.74, 6) is -1.34. The summed E-state index contributed by atoms with van der Waals surface area (Å²) in [4.78, 5) is 16.8. The molecule has 35 heavy (non-hydrogen) atoms. The molecule has 1 N–H and O–H groups in total. The van der Waals surface area contributed by atoms with Gasteiger partial charge < -0.3 is 5.32 Å². The number of aryl methyl sites for hydroxylation is 1. The minimum Gasteiger partial charge on any atom is -0.319 e. The van der Waals surface area contributed by atoms with Crippen LogP contribution in [0.1, 0.15) is 38.6 Å². The Bertz CT molecular complexity index is 1520. The van der Waals surface area contributed by atoms with Gasteiger partial charge in [-0.1, -0.05) is 22.0 Å². The van der Waals surface area contributed by atoms with Crippen molar-refractivity contribution in [3.8, 4) is 6.07 Å². The first-order chi connectivity index (χ1) is 16.5. The van der Waals surface area contributed by atoms with Gasteiger partial charge in [0.1, 0.15) is 11.5 Å². The van der Waals surface area contributed by atoms with Crippen LogP contribution in [0.2, 0.25) is 0 Å². The van der Waals surface area contributed by atoms with Gasteiger partial charge in [-0.05, 0) is 50.2 Å². The molecular weight excluding hydrogens is 530 g/mol. The number of alkyl halides is 3. The molecule has 0 bridgehead atoms. The second kappa shape index (κ2) is 9.11. The third kappa shape index (κ3) is 4.88. The van der Waals surface area contributed by atoms with Crippen molar-refractivity contribution in [1.82, 2.24) is 14.8 Å². The molecule has 0 aliphatic heterocycles. The summed E-state index contributed by atoms with van der Waals surface area (Å²) in [6.45, 7) is 3.31. The van der Waals surface area contributed by atoms with Crippen molar-refractivity contribution in [1.29, 1.82) is 5.26 Å². The Morgan fingerprint density at radius 3 is 2.57 bits per heavy atom. The van der Waals surface area contributed by atoms with Crippen LogP contribution in [0.3, 0.4) is 0 Å². The smallest absolute Gasteiger partial charge is 0.319 e. The topological polar surface area (TPSA) is 83.6 Å². The molecule has 0 saturated heterocycles. The van der Waals surface area contributed by atoms with Gasteiger partial charge in [0.15, 0.2) is 0 Å². The zero-order valence-corrected chi connectivity index (χ0v) is 19.9. The lowest BCUT2D eigenvalue weighted by molar-refractivity contribution is -0.140. The fraction of sp³-hybridized carbons (Fsp3) is 0.167. The first-order valence-corrected chi connectivity index (χ1v) is 11.0. The Hall–Kier alpha value is -3.78. The molecule has 6 nitrogen and oxygen atoms in total. The number of anilines is 1. The molecule has 2 aromatic carbocycles. The Kier molecular flexibility index (Phi) is 6.34. The lowest BCUT2D eigenvalue weighted by Crippen LogP contribution is -2.17. The second-order valence-corrected chi connectivity index (χ2v) is 8.71. The van der Waals surface area contributed by atoms with Crippen LogP contribution in [-0.2, 0) is 12.7 Å².